The number of hydrogen-bond acceptors (Lipinski definition) is 8. The van der Waals surface area contributed by atoms with Gasteiger partial charge in [-0.25, -0.2) is 4.98 Å². The Kier molecular flexibility index (Phi) is 5.54. The summed E-state index contributed by atoms with van der Waals surface area (Å²) in [5.41, 5.74) is 1.01. The normalized spacial score (nSPS) is 18.3. The van der Waals surface area contributed by atoms with Crippen molar-refractivity contribution >= 4 is 16.5 Å². The van der Waals surface area contributed by atoms with Crippen LogP contribution < -0.4 is 14.4 Å². The van der Waals surface area contributed by atoms with E-state index in [4.69, 9.17) is 14.2 Å². The van der Waals surface area contributed by atoms with Crippen LogP contribution in [0.1, 0.15) is 5.56 Å². The van der Waals surface area contributed by atoms with Crippen LogP contribution in [0.3, 0.4) is 0 Å². The van der Waals surface area contributed by atoms with Crippen LogP contribution in [-0.2, 0) is 11.3 Å². The number of ether oxygens (including phenoxy) is 3. The quantitative estimate of drug-likeness (QED) is 0.786. The lowest BCUT2D eigenvalue weighted by Gasteiger charge is -2.35. The second-order valence-electron chi connectivity index (χ2n) is 6.46. The molecular weight excluding hydrogens is 354 g/mol. The predicted octanol–water partition coefficient (Wildman–Crippen LogP) is 1.57. The van der Waals surface area contributed by atoms with Crippen LogP contribution in [-0.4, -0.2) is 67.2 Å². The highest BCUT2D eigenvalue weighted by Crippen LogP contribution is 2.32. The van der Waals surface area contributed by atoms with Gasteiger partial charge in [-0.15, -0.1) is 11.3 Å². The number of anilines is 1. The highest BCUT2D eigenvalue weighted by Gasteiger charge is 2.20. The maximum atomic E-state index is 10.2. The highest BCUT2D eigenvalue weighted by atomic mass is 32.1. The van der Waals surface area contributed by atoms with Gasteiger partial charge in [-0.05, 0) is 17.7 Å². The molecule has 1 atom stereocenters. The SMILES string of the molecule is O[C@@H](COCc1ccc2c(c1)OCO2)CN1CCN(c2nccs2)CC1. The van der Waals surface area contributed by atoms with Crippen molar-refractivity contribution in [1.82, 2.24) is 9.88 Å². The molecule has 0 saturated carbocycles. The summed E-state index contributed by atoms with van der Waals surface area (Å²) >= 11 is 1.67. The number of hydrogen-bond donors (Lipinski definition) is 1. The van der Waals surface area contributed by atoms with Crippen LogP contribution >= 0.6 is 11.3 Å². The predicted molar refractivity (Wildman–Crippen MR) is 99.0 cm³/mol. The smallest absolute Gasteiger partial charge is 0.231 e. The van der Waals surface area contributed by atoms with Crippen molar-refractivity contribution in [3.05, 3.63) is 35.3 Å². The van der Waals surface area contributed by atoms with Crippen LogP contribution in [0.15, 0.2) is 29.8 Å². The molecule has 2 aliphatic heterocycles. The van der Waals surface area contributed by atoms with Crippen molar-refractivity contribution < 1.29 is 19.3 Å². The van der Waals surface area contributed by atoms with Gasteiger partial charge in [0.15, 0.2) is 16.6 Å². The first-order chi connectivity index (χ1) is 12.8. The lowest BCUT2D eigenvalue weighted by atomic mass is 10.2. The fraction of sp³-hybridized carbons (Fsp3) is 0.500. The molecule has 3 heterocycles. The average molecular weight is 377 g/mol. The van der Waals surface area contributed by atoms with Crippen LogP contribution in [0.5, 0.6) is 11.5 Å². The molecule has 7 nitrogen and oxygen atoms in total. The summed E-state index contributed by atoms with van der Waals surface area (Å²) in [7, 11) is 0. The van der Waals surface area contributed by atoms with E-state index in [-0.39, 0.29) is 6.79 Å². The van der Waals surface area contributed by atoms with Crippen LogP contribution in [0, 0.1) is 0 Å². The average Bonchev–Trinajstić information content (AvgIpc) is 3.34. The number of benzene rings is 1. The molecule has 2 aliphatic rings. The Hall–Kier alpha value is -1.87. The van der Waals surface area contributed by atoms with Gasteiger partial charge in [-0.1, -0.05) is 6.07 Å². The molecule has 2 aromatic rings. The largest absolute Gasteiger partial charge is 0.454 e. The van der Waals surface area contributed by atoms with Crippen molar-refractivity contribution in [2.75, 3.05) is 51.0 Å². The van der Waals surface area contributed by atoms with E-state index in [1.807, 2.05) is 29.8 Å². The number of β-amino-alcohol motifs (C(OH)–C–C–N with tert-alkyl or cyclic N) is 1. The second kappa shape index (κ2) is 8.22. The maximum Gasteiger partial charge on any atom is 0.231 e. The number of thiazole rings is 1. The summed E-state index contributed by atoms with van der Waals surface area (Å²) in [5, 5.41) is 13.3. The first-order valence-corrected chi connectivity index (χ1v) is 9.67. The number of aliphatic hydroxyl groups excluding tert-OH is 1. The minimum atomic E-state index is -0.490. The summed E-state index contributed by atoms with van der Waals surface area (Å²) in [5.74, 6) is 1.52. The van der Waals surface area contributed by atoms with Crippen molar-refractivity contribution in [2.45, 2.75) is 12.7 Å². The molecule has 0 amide bonds. The molecule has 0 aliphatic carbocycles. The minimum absolute atomic E-state index is 0.272. The van der Waals surface area contributed by atoms with E-state index in [1.165, 1.54) is 0 Å². The van der Waals surface area contributed by atoms with Gasteiger partial charge in [0.1, 0.15) is 0 Å². The molecular formula is C18H23N3O4S. The zero-order valence-corrected chi connectivity index (χ0v) is 15.4. The molecule has 1 aromatic carbocycles. The number of fused-ring (bicyclic) bond motifs is 1. The zero-order valence-electron chi connectivity index (χ0n) is 14.5. The van der Waals surface area contributed by atoms with E-state index in [1.54, 1.807) is 11.3 Å². The van der Waals surface area contributed by atoms with Crippen molar-refractivity contribution in [3.8, 4) is 11.5 Å². The Morgan fingerprint density at radius 2 is 2.04 bits per heavy atom. The van der Waals surface area contributed by atoms with Crippen molar-refractivity contribution in [2.24, 2.45) is 0 Å². The van der Waals surface area contributed by atoms with Gasteiger partial charge in [0, 0.05) is 44.3 Å². The Morgan fingerprint density at radius 3 is 2.85 bits per heavy atom. The summed E-state index contributed by atoms with van der Waals surface area (Å²) in [4.78, 5) is 8.93. The Labute approximate surface area is 156 Å². The third kappa shape index (κ3) is 4.27. The topological polar surface area (TPSA) is 67.3 Å². The van der Waals surface area contributed by atoms with E-state index in [0.717, 1.165) is 48.4 Å². The Bertz CT molecular complexity index is 704. The van der Waals surface area contributed by atoms with Crippen LogP contribution in [0.2, 0.25) is 0 Å². The second-order valence-corrected chi connectivity index (χ2v) is 7.33. The van der Waals surface area contributed by atoms with Crippen LogP contribution in [0.25, 0.3) is 0 Å². The summed E-state index contributed by atoms with van der Waals surface area (Å²) < 4.78 is 16.3. The number of piperazine rings is 1. The van der Waals surface area contributed by atoms with E-state index in [9.17, 15) is 5.11 Å². The van der Waals surface area contributed by atoms with Gasteiger partial charge in [0.05, 0.1) is 19.3 Å². The number of aliphatic hydroxyl groups is 1. The summed E-state index contributed by atoms with van der Waals surface area (Å²) in [6.07, 6.45) is 1.35. The fourth-order valence-corrected chi connectivity index (χ4v) is 3.88. The summed E-state index contributed by atoms with van der Waals surface area (Å²) in [6, 6.07) is 5.77. The van der Waals surface area contributed by atoms with E-state index in [2.05, 4.69) is 14.8 Å². The van der Waals surface area contributed by atoms with Gasteiger partial charge < -0.3 is 24.2 Å². The monoisotopic (exact) mass is 377 g/mol. The van der Waals surface area contributed by atoms with Gasteiger partial charge in [-0.3, -0.25) is 4.90 Å². The first-order valence-electron chi connectivity index (χ1n) is 8.79. The van der Waals surface area contributed by atoms with E-state index < -0.39 is 6.10 Å². The molecule has 0 radical (unpaired) electrons. The fourth-order valence-electron chi connectivity index (χ4n) is 3.19. The number of rotatable bonds is 7. The molecule has 0 bridgehead atoms. The third-order valence-corrected chi connectivity index (χ3v) is 5.38. The van der Waals surface area contributed by atoms with E-state index in [0.29, 0.717) is 19.8 Å². The molecule has 0 unspecified atom stereocenters. The molecule has 8 heteroatoms. The number of nitrogens with zero attached hydrogens (tertiary/aromatic N) is 3. The van der Waals surface area contributed by atoms with Crippen molar-refractivity contribution in [3.63, 3.8) is 0 Å². The van der Waals surface area contributed by atoms with Crippen LogP contribution in [0.4, 0.5) is 5.13 Å². The van der Waals surface area contributed by atoms with Gasteiger partial charge >= 0.3 is 0 Å². The molecule has 1 N–H and O–H groups in total. The Morgan fingerprint density at radius 1 is 1.19 bits per heavy atom. The maximum absolute atomic E-state index is 10.2. The molecule has 26 heavy (non-hydrogen) atoms. The molecule has 1 aromatic heterocycles. The molecule has 1 saturated heterocycles. The van der Waals surface area contributed by atoms with Gasteiger partial charge in [0.2, 0.25) is 6.79 Å². The standard InChI is InChI=1S/C18H23N3O4S/c22-15(10-20-4-6-21(7-5-20)18-19-3-8-26-18)12-23-11-14-1-2-16-17(9-14)25-13-24-16/h1-3,8-9,15,22H,4-7,10-13H2/t15-/m1/s1. The highest BCUT2D eigenvalue weighted by molar-refractivity contribution is 7.13. The third-order valence-electron chi connectivity index (χ3n) is 4.55. The molecule has 4 rings (SSSR count). The molecule has 140 valence electrons. The molecule has 1 fully saturated rings. The van der Waals surface area contributed by atoms with E-state index >= 15 is 0 Å². The zero-order chi connectivity index (χ0) is 17.8. The van der Waals surface area contributed by atoms with Crippen molar-refractivity contribution in [1.29, 1.82) is 0 Å². The number of aromatic nitrogens is 1. The lowest BCUT2D eigenvalue weighted by Crippen LogP contribution is -2.49. The lowest BCUT2D eigenvalue weighted by molar-refractivity contribution is 0.00911. The summed E-state index contributed by atoms with van der Waals surface area (Å²) in [6.45, 7) is 5.42. The Balaban J connectivity index is 1.16. The first kappa shape index (κ1) is 17.5. The minimum Gasteiger partial charge on any atom is -0.454 e. The van der Waals surface area contributed by atoms with Gasteiger partial charge in [-0.2, -0.15) is 0 Å². The molecule has 0 spiro atoms. The van der Waals surface area contributed by atoms with Gasteiger partial charge in [0.25, 0.3) is 0 Å².